The zero-order valence-corrected chi connectivity index (χ0v) is 4.92. The van der Waals surface area contributed by atoms with E-state index in [4.69, 9.17) is 0 Å². The van der Waals surface area contributed by atoms with E-state index in [1.54, 1.807) is 6.92 Å². The topological polar surface area (TPSA) is 51.0 Å². The Bertz CT molecular complexity index is 100. The average molecular weight is 116 g/mol. The molecule has 4 nitrogen and oxygen atoms in total. The molecular weight excluding hydrogens is 108 g/mol. The predicted octanol–water partition coefficient (Wildman–Crippen LogP) is 0.937. The summed E-state index contributed by atoms with van der Waals surface area (Å²) in [7, 11) is 0. The number of carbonyl (C=O) groups is 1. The summed E-state index contributed by atoms with van der Waals surface area (Å²) in [6.45, 7) is 3.61. The number of rotatable bonds is 2. The van der Waals surface area contributed by atoms with E-state index in [9.17, 15) is 4.79 Å². The molecular formula is C4H8N2O2. The van der Waals surface area contributed by atoms with Gasteiger partial charge in [0.05, 0.1) is 6.54 Å². The zero-order valence-electron chi connectivity index (χ0n) is 4.92. The van der Waals surface area contributed by atoms with Crippen molar-refractivity contribution in [3.63, 3.8) is 0 Å². The summed E-state index contributed by atoms with van der Waals surface area (Å²) in [5.74, 6) is -0.442. The van der Waals surface area contributed by atoms with E-state index in [0.29, 0.717) is 6.54 Å². The van der Waals surface area contributed by atoms with Gasteiger partial charge >= 0.3 is 5.97 Å². The zero-order chi connectivity index (χ0) is 6.41. The van der Waals surface area contributed by atoms with Crippen LogP contribution in [0.25, 0.3) is 0 Å². The molecule has 0 heterocycles. The molecule has 46 valence electrons. The lowest BCUT2D eigenvalue weighted by atomic mass is 10.8. The van der Waals surface area contributed by atoms with E-state index in [2.05, 4.69) is 15.2 Å². The molecule has 0 N–H and O–H groups in total. The smallest absolute Gasteiger partial charge is 0.301 e. The second-order valence-electron chi connectivity index (χ2n) is 1.12. The molecule has 0 bridgehead atoms. The number of hydrogen-bond donors (Lipinski definition) is 0. The maximum atomic E-state index is 9.94. The lowest BCUT2D eigenvalue weighted by Gasteiger charge is -1.83. The molecule has 0 spiro atoms. The lowest BCUT2D eigenvalue weighted by Crippen LogP contribution is -1.88. The van der Waals surface area contributed by atoms with Crippen molar-refractivity contribution in [2.75, 3.05) is 6.54 Å². The molecule has 0 saturated carbocycles. The first kappa shape index (κ1) is 7.07. The minimum Gasteiger partial charge on any atom is -0.301 e. The summed E-state index contributed by atoms with van der Waals surface area (Å²) in [5.41, 5.74) is 0. The molecule has 0 aliphatic heterocycles. The van der Waals surface area contributed by atoms with Gasteiger partial charge in [-0.15, -0.1) is 0 Å². The first-order valence-electron chi connectivity index (χ1n) is 2.31. The van der Waals surface area contributed by atoms with Crippen molar-refractivity contribution < 1.29 is 9.63 Å². The van der Waals surface area contributed by atoms with Crippen LogP contribution < -0.4 is 0 Å². The Labute approximate surface area is 47.5 Å². The van der Waals surface area contributed by atoms with Gasteiger partial charge in [-0.2, -0.15) is 5.11 Å². The van der Waals surface area contributed by atoms with Crippen molar-refractivity contribution in [1.82, 2.24) is 0 Å². The van der Waals surface area contributed by atoms with Crippen molar-refractivity contribution in [2.24, 2.45) is 10.4 Å². The third-order valence-corrected chi connectivity index (χ3v) is 0.369. The van der Waals surface area contributed by atoms with Gasteiger partial charge in [-0.05, 0) is 6.92 Å². The van der Waals surface area contributed by atoms with Gasteiger partial charge in [0.1, 0.15) is 0 Å². The second kappa shape index (κ2) is 4.23. The largest absolute Gasteiger partial charge is 0.333 e. The number of hydrogen-bond acceptors (Lipinski definition) is 4. The first-order valence-corrected chi connectivity index (χ1v) is 2.31. The third-order valence-electron chi connectivity index (χ3n) is 0.369. The van der Waals surface area contributed by atoms with E-state index < -0.39 is 5.97 Å². The number of nitrogens with zero attached hydrogens (tertiary/aromatic N) is 2. The standard InChI is InChI=1S/C4H8N2O2/c1-3-5-6-8-4(2)7/h3H2,1-2H3. The van der Waals surface area contributed by atoms with E-state index >= 15 is 0 Å². The molecule has 8 heavy (non-hydrogen) atoms. The normalized spacial score (nSPS) is 9.75. The molecule has 0 aliphatic rings. The summed E-state index contributed by atoms with van der Waals surface area (Å²) >= 11 is 0. The van der Waals surface area contributed by atoms with Crippen LogP contribution in [0.3, 0.4) is 0 Å². The molecule has 0 saturated heterocycles. The predicted molar refractivity (Wildman–Crippen MR) is 27.2 cm³/mol. The summed E-state index contributed by atoms with van der Waals surface area (Å²) in [5, 5.41) is 6.46. The van der Waals surface area contributed by atoms with Gasteiger partial charge in [0.25, 0.3) is 0 Å². The summed E-state index contributed by atoms with van der Waals surface area (Å²) in [6, 6.07) is 0. The van der Waals surface area contributed by atoms with Crippen molar-refractivity contribution in [3.05, 3.63) is 0 Å². The van der Waals surface area contributed by atoms with E-state index in [-0.39, 0.29) is 0 Å². The molecule has 0 aromatic heterocycles. The highest BCUT2D eigenvalue weighted by atomic mass is 16.7. The molecule has 0 aromatic rings. The van der Waals surface area contributed by atoms with Crippen LogP contribution in [0, 0.1) is 0 Å². The van der Waals surface area contributed by atoms with E-state index in [1.807, 2.05) is 0 Å². The van der Waals surface area contributed by atoms with Crippen LogP contribution in [0.5, 0.6) is 0 Å². The van der Waals surface area contributed by atoms with Crippen molar-refractivity contribution in [3.8, 4) is 0 Å². The van der Waals surface area contributed by atoms with Gasteiger partial charge in [0.15, 0.2) is 0 Å². The van der Waals surface area contributed by atoms with Gasteiger partial charge in [-0.25, -0.2) is 4.79 Å². The summed E-state index contributed by atoms with van der Waals surface area (Å²) < 4.78 is 0. The molecule has 0 radical (unpaired) electrons. The number of carbonyl (C=O) groups excluding carboxylic acids is 1. The van der Waals surface area contributed by atoms with Crippen LogP contribution >= 0.6 is 0 Å². The fraction of sp³-hybridized carbons (Fsp3) is 0.750. The lowest BCUT2D eigenvalue weighted by molar-refractivity contribution is -0.142. The van der Waals surface area contributed by atoms with E-state index in [0.717, 1.165) is 0 Å². The molecule has 0 rings (SSSR count). The SMILES string of the molecule is CCN=NOC(C)=O. The minimum atomic E-state index is -0.442. The van der Waals surface area contributed by atoms with Gasteiger partial charge in [-0.3, -0.25) is 0 Å². The summed E-state index contributed by atoms with van der Waals surface area (Å²) in [6.07, 6.45) is 0. The Morgan fingerprint density at radius 1 is 1.75 bits per heavy atom. The van der Waals surface area contributed by atoms with Gasteiger partial charge < -0.3 is 4.84 Å². The maximum absolute atomic E-state index is 9.94. The highest BCUT2D eigenvalue weighted by Crippen LogP contribution is 1.78. The molecule has 0 amide bonds. The van der Waals surface area contributed by atoms with Gasteiger partial charge in [-0.1, -0.05) is 0 Å². The second-order valence-corrected chi connectivity index (χ2v) is 1.12. The fourth-order valence-electron chi connectivity index (χ4n) is 0.144. The van der Waals surface area contributed by atoms with Crippen molar-refractivity contribution >= 4 is 5.97 Å². The molecule has 0 atom stereocenters. The fourth-order valence-corrected chi connectivity index (χ4v) is 0.144. The van der Waals surface area contributed by atoms with E-state index in [1.165, 1.54) is 6.92 Å². The van der Waals surface area contributed by atoms with Crippen LogP contribution in [0.2, 0.25) is 0 Å². The van der Waals surface area contributed by atoms with Crippen LogP contribution in [-0.4, -0.2) is 12.5 Å². The molecule has 0 aromatic carbocycles. The third kappa shape index (κ3) is 5.07. The molecule has 0 fully saturated rings. The van der Waals surface area contributed by atoms with Crippen molar-refractivity contribution in [2.45, 2.75) is 13.8 Å². The molecule has 4 heteroatoms. The highest BCUT2D eigenvalue weighted by Gasteiger charge is 1.84. The Kier molecular flexibility index (Phi) is 3.74. The first-order chi connectivity index (χ1) is 3.77. The molecule has 0 aliphatic carbocycles. The Balaban J connectivity index is 3.16. The minimum absolute atomic E-state index is 0.442. The van der Waals surface area contributed by atoms with Crippen LogP contribution in [-0.2, 0) is 9.63 Å². The van der Waals surface area contributed by atoms with Gasteiger partial charge in [0, 0.05) is 12.2 Å². The van der Waals surface area contributed by atoms with Gasteiger partial charge in [0.2, 0.25) is 0 Å². The Morgan fingerprint density at radius 2 is 2.38 bits per heavy atom. The Morgan fingerprint density at radius 3 is 2.75 bits per heavy atom. The maximum Gasteiger partial charge on any atom is 0.333 e. The quantitative estimate of drug-likeness (QED) is 0.398. The molecule has 0 unspecified atom stereocenters. The highest BCUT2D eigenvalue weighted by molar-refractivity contribution is 5.65. The summed E-state index contributed by atoms with van der Waals surface area (Å²) in [4.78, 5) is 14.0. The van der Waals surface area contributed by atoms with Crippen LogP contribution in [0.4, 0.5) is 0 Å². The van der Waals surface area contributed by atoms with Crippen LogP contribution in [0.15, 0.2) is 10.4 Å². The van der Waals surface area contributed by atoms with Crippen LogP contribution in [0.1, 0.15) is 13.8 Å². The monoisotopic (exact) mass is 116 g/mol. The van der Waals surface area contributed by atoms with Crippen molar-refractivity contribution in [1.29, 1.82) is 0 Å². The Hall–Kier alpha value is -0.930. The average Bonchev–Trinajstić information content (AvgIpc) is 1.66.